The highest BCUT2D eigenvalue weighted by Crippen LogP contribution is 2.18. The number of anilines is 1. The summed E-state index contributed by atoms with van der Waals surface area (Å²) in [5, 5.41) is 4.95. The molecule has 0 saturated carbocycles. The van der Waals surface area contributed by atoms with E-state index in [2.05, 4.69) is 9.71 Å². The van der Waals surface area contributed by atoms with Gasteiger partial charge < -0.3 is 4.74 Å². The van der Waals surface area contributed by atoms with Crippen LogP contribution in [0.1, 0.15) is 0 Å². The molecular formula is C12H13N3O5S2. The van der Waals surface area contributed by atoms with Gasteiger partial charge >= 0.3 is 0 Å². The molecule has 0 bridgehead atoms. The summed E-state index contributed by atoms with van der Waals surface area (Å²) in [5.41, 5.74) is 0.247. The quantitative estimate of drug-likeness (QED) is 0.815. The maximum Gasteiger partial charge on any atom is 0.261 e. The molecule has 0 aliphatic carbocycles. The first kappa shape index (κ1) is 16.2. The highest BCUT2D eigenvalue weighted by Gasteiger charge is 2.16. The number of ether oxygens (including phenoxy) is 1. The lowest BCUT2D eigenvalue weighted by atomic mass is 10.4. The van der Waals surface area contributed by atoms with E-state index in [1.54, 1.807) is 0 Å². The lowest BCUT2D eigenvalue weighted by Crippen LogP contribution is -2.15. The second-order valence-corrected chi connectivity index (χ2v) is 7.45. The Hall–Kier alpha value is -2.17. The number of hydrogen-bond donors (Lipinski definition) is 2. The molecule has 0 unspecified atom stereocenters. The molecule has 2 rings (SSSR count). The van der Waals surface area contributed by atoms with Crippen LogP contribution in [0, 0.1) is 0 Å². The van der Waals surface area contributed by atoms with Crippen LogP contribution in [0.3, 0.4) is 0 Å². The van der Waals surface area contributed by atoms with Crippen molar-refractivity contribution in [2.24, 2.45) is 5.14 Å². The van der Waals surface area contributed by atoms with E-state index in [1.807, 2.05) is 0 Å². The lowest BCUT2D eigenvalue weighted by Gasteiger charge is -2.08. The first-order valence-electron chi connectivity index (χ1n) is 5.88. The summed E-state index contributed by atoms with van der Waals surface area (Å²) in [7, 11) is -6.29. The van der Waals surface area contributed by atoms with Crippen molar-refractivity contribution >= 4 is 25.7 Å². The van der Waals surface area contributed by atoms with Gasteiger partial charge in [0.15, 0.2) is 0 Å². The number of primary sulfonamides is 1. The highest BCUT2D eigenvalue weighted by atomic mass is 32.2. The Labute approximate surface area is 128 Å². The van der Waals surface area contributed by atoms with E-state index in [0.29, 0.717) is 5.88 Å². The van der Waals surface area contributed by atoms with Crippen molar-refractivity contribution in [2.45, 2.75) is 9.79 Å². The average Bonchev–Trinajstić information content (AvgIpc) is 2.47. The van der Waals surface area contributed by atoms with Crippen LogP contribution in [-0.2, 0) is 20.0 Å². The monoisotopic (exact) mass is 343 g/mol. The molecule has 0 aliphatic rings. The molecule has 22 heavy (non-hydrogen) atoms. The number of rotatable bonds is 5. The fourth-order valence-corrected chi connectivity index (χ4v) is 3.14. The molecular weight excluding hydrogens is 330 g/mol. The molecule has 0 amide bonds. The Morgan fingerprint density at radius 1 is 1.00 bits per heavy atom. The Kier molecular flexibility index (Phi) is 4.35. The highest BCUT2D eigenvalue weighted by molar-refractivity contribution is 7.92. The van der Waals surface area contributed by atoms with Gasteiger partial charge in [0.05, 0.1) is 28.8 Å². The number of benzene rings is 1. The van der Waals surface area contributed by atoms with Crippen LogP contribution in [0.15, 0.2) is 52.4 Å². The first-order valence-corrected chi connectivity index (χ1v) is 8.91. The normalized spacial score (nSPS) is 11.9. The minimum absolute atomic E-state index is 0.101. The van der Waals surface area contributed by atoms with Crippen LogP contribution in [-0.4, -0.2) is 28.9 Å². The van der Waals surface area contributed by atoms with Crippen LogP contribution in [0.4, 0.5) is 5.69 Å². The molecule has 0 aliphatic heterocycles. The number of nitrogens with one attached hydrogen (secondary N) is 1. The van der Waals surface area contributed by atoms with Crippen LogP contribution in [0.25, 0.3) is 0 Å². The van der Waals surface area contributed by atoms with Gasteiger partial charge in [-0.15, -0.1) is 0 Å². The smallest absolute Gasteiger partial charge is 0.261 e. The number of sulfonamides is 2. The molecule has 0 radical (unpaired) electrons. The third kappa shape index (κ3) is 3.72. The van der Waals surface area contributed by atoms with Crippen molar-refractivity contribution in [3.8, 4) is 5.88 Å². The molecule has 2 aromatic rings. The van der Waals surface area contributed by atoms with Gasteiger partial charge in [-0.25, -0.2) is 27.0 Å². The standard InChI is InChI=1S/C12H13N3O5S2/c1-20-12-7-2-9(8-14-12)15-22(18,19)11-5-3-10(4-6-11)21(13,16)17/h2-8,15H,1H3,(H2,13,16,17). The molecule has 3 N–H and O–H groups in total. The van der Waals surface area contributed by atoms with E-state index in [1.165, 1.54) is 25.4 Å². The number of aromatic nitrogens is 1. The van der Waals surface area contributed by atoms with E-state index >= 15 is 0 Å². The Morgan fingerprint density at radius 3 is 2.05 bits per heavy atom. The van der Waals surface area contributed by atoms with Gasteiger partial charge in [0.2, 0.25) is 15.9 Å². The largest absolute Gasteiger partial charge is 0.481 e. The van der Waals surface area contributed by atoms with Crippen molar-refractivity contribution in [2.75, 3.05) is 11.8 Å². The van der Waals surface area contributed by atoms with Gasteiger partial charge in [0.1, 0.15) is 0 Å². The summed E-state index contributed by atoms with van der Waals surface area (Å²) in [5.74, 6) is 0.348. The van der Waals surface area contributed by atoms with Crippen molar-refractivity contribution < 1.29 is 21.6 Å². The van der Waals surface area contributed by atoms with E-state index < -0.39 is 20.0 Å². The minimum Gasteiger partial charge on any atom is -0.481 e. The van der Waals surface area contributed by atoms with Gasteiger partial charge in [-0.3, -0.25) is 4.72 Å². The van der Waals surface area contributed by atoms with Gasteiger partial charge in [0.25, 0.3) is 10.0 Å². The van der Waals surface area contributed by atoms with Gasteiger partial charge in [-0.1, -0.05) is 0 Å². The zero-order valence-corrected chi connectivity index (χ0v) is 13.1. The van der Waals surface area contributed by atoms with Crippen molar-refractivity contribution in [1.82, 2.24) is 4.98 Å². The van der Waals surface area contributed by atoms with Crippen LogP contribution >= 0.6 is 0 Å². The molecule has 1 heterocycles. The first-order chi connectivity index (χ1) is 10.2. The number of hydrogen-bond acceptors (Lipinski definition) is 6. The van der Waals surface area contributed by atoms with Crippen LogP contribution in [0.2, 0.25) is 0 Å². The molecule has 10 heteroatoms. The SMILES string of the molecule is COc1ccc(NS(=O)(=O)c2ccc(S(N)(=O)=O)cc2)cn1. The molecule has 0 atom stereocenters. The second-order valence-electron chi connectivity index (χ2n) is 4.21. The fourth-order valence-electron chi connectivity index (χ4n) is 1.58. The Bertz CT molecular complexity index is 860. The molecule has 8 nitrogen and oxygen atoms in total. The lowest BCUT2D eigenvalue weighted by molar-refractivity contribution is 0.398. The maximum atomic E-state index is 12.2. The Balaban J connectivity index is 2.26. The molecule has 118 valence electrons. The van der Waals surface area contributed by atoms with Gasteiger partial charge in [-0.2, -0.15) is 0 Å². The summed E-state index contributed by atoms with van der Waals surface area (Å²) < 4.78 is 53.8. The molecule has 0 spiro atoms. The Morgan fingerprint density at radius 2 is 1.59 bits per heavy atom. The molecule has 1 aromatic heterocycles. The minimum atomic E-state index is -3.87. The average molecular weight is 343 g/mol. The van der Waals surface area contributed by atoms with Gasteiger partial charge in [-0.05, 0) is 30.3 Å². The summed E-state index contributed by atoms with van der Waals surface area (Å²) in [6.45, 7) is 0. The van der Waals surface area contributed by atoms with Gasteiger partial charge in [0, 0.05) is 6.07 Å². The van der Waals surface area contributed by atoms with Crippen molar-refractivity contribution in [3.05, 3.63) is 42.6 Å². The fraction of sp³-hybridized carbons (Fsp3) is 0.0833. The molecule has 0 saturated heterocycles. The maximum absolute atomic E-state index is 12.2. The van der Waals surface area contributed by atoms with Crippen molar-refractivity contribution in [3.63, 3.8) is 0 Å². The summed E-state index contributed by atoms with van der Waals surface area (Å²) in [6.07, 6.45) is 1.30. The van der Waals surface area contributed by atoms with E-state index in [0.717, 1.165) is 24.3 Å². The van der Waals surface area contributed by atoms with Crippen LogP contribution < -0.4 is 14.6 Å². The zero-order chi connectivity index (χ0) is 16.4. The molecule has 0 fully saturated rings. The number of pyridine rings is 1. The number of nitrogens with zero attached hydrogens (tertiary/aromatic N) is 1. The van der Waals surface area contributed by atoms with Crippen LogP contribution in [0.5, 0.6) is 5.88 Å². The summed E-state index contributed by atoms with van der Waals surface area (Å²) >= 11 is 0. The number of methoxy groups -OCH3 is 1. The second kappa shape index (κ2) is 5.91. The third-order valence-electron chi connectivity index (χ3n) is 2.66. The van der Waals surface area contributed by atoms with E-state index in [4.69, 9.17) is 9.88 Å². The predicted octanol–water partition coefficient (Wildman–Crippen LogP) is 0.538. The van der Waals surface area contributed by atoms with E-state index in [9.17, 15) is 16.8 Å². The topological polar surface area (TPSA) is 128 Å². The number of nitrogens with two attached hydrogens (primary N) is 1. The predicted molar refractivity (Wildman–Crippen MR) is 79.4 cm³/mol. The zero-order valence-electron chi connectivity index (χ0n) is 11.4. The molecule has 1 aromatic carbocycles. The van der Waals surface area contributed by atoms with E-state index in [-0.39, 0.29) is 15.5 Å². The third-order valence-corrected chi connectivity index (χ3v) is 4.99. The summed E-state index contributed by atoms with van der Waals surface area (Å²) in [6, 6.07) is 7.54. The van der Waals surface area contributed by atoms with Crippen molar-refractivity contribution in [1.29, 1.82) is 0 Å². The summed E-state index contributed by atoms with van der Waals surface area (Å²) in [4.78, 5) is 3.61.